The van der Waals surface area contributed by atoms with Crippen molar-refractivity contribution in [1.29, 1.82) is 0 Å². The number of ketones is 1. The molecule has 34 heavy (non-hydrogen) atoms. The van der Waals surface area contributed by atoms with Crippen molar-refractivity contribution in [1.82, 2.24) is 4.98 Å². The molecule has 1 amide bonds. The fourth-order valence-electron chi connectivity index (χ4n) is 4.48. The number of anilines is 2. The number of Topliss-reactive ketones (excluding diaryl/α,β-unsaturated/α-hetero) is 1. The zero-order chi connectivity index (χ0) is 24.4. The highest BCUT2D eigenvalue weighted by atomic mass is 16.6. The molecule has 1 aromatic heterocycles. The molecule has 3 aliphatic heterocycles. The smallest absolute Gasteiger partial charge is 0.416 e. The lowest BCUT2D eigenvalue weighted by molar-refractivity contribution is 0.0565. The summed E-state index contributed by atoms with van der Waals surface area (Å²) in [6.07, 6.45) is 1.33. The van der Waals surface area contributed by atoms with Gasteiger partial charge < -0.3 is 19.5 Å². The summed E-state index contributed by atoms with van der Waals surface area (Å²) in [4.78, 5) is 38.4. The fourth-order valence-corrected chi connectivity index (χ4v) is 4.48. The highest BCUT2D eigenvalue weighted by molar-refractivity contribution is 6.28. The van der Waals surface area contributed by atoms with Crippen LogP contribution in [0.15, 0.2) is 29.4 Å². The molecule has 1 aromatic carbocycles. The lowest BCUT2D eigenvalue weighted by Gasteiger charge is -2.32. The van der Waals surface area contributed by atoms with E-state index in [0.29, 0.717) is 48.2 Å². The van der Waals surface area contributed by atoms with Crippen molar-refractivity contribution < 1.29 is 24.2 Å². The topological polar surface area (TPSA) is 105 Å². The van der Waals surface area contributed by atoms with Crippen LogP contribution >= 0.6 is 0 Å². The lowest BCUT2D eigenvalue weighted by atomic mass is 9.86. The number of aliphatic hydroxyl groups is 1. The number of nitrogens with zero attached hydrogens (tertiary/aromatic N) is 4. The van der Waals surface area contributed by atoms with E-state index < -0.39 is 17.3 Å². The molecule has 1 saturated heterocycles. The SMILES string of the molecule is Cc1cc2c(cc1C)C(=O)[C@]1(O)CCN(c3cnc4c(c3)OCCN4C(=O)OC(C)(C)C)C1=N2. The molecule has 2 aromatic rings. The molecule has 178 valence electrons. The van der Waals surface area contributed by atoms with Crippen LogP contribution in [0.4, 0.5) is 22.0 Å². The number of amides is 1. The molecule has 9 heteroatoms. The molecule has 0 bridgehead atoms. The maximum Gasteiger partial charge on any atom is 0.416 e. The molecule has 0 spiro atoms. The quantitative estimate of drug-likeness (QED) is 0.686. The summed E-state index contributed by atoms with van der Waals surface area (Å²) in [5.41, 5.74) is 1.31. The van der Waals surface area contributed by atoms with Gasteiger partial charge in [0.05, 0.1) is 24.1 Å². The first-order valence-electron chi connectivity index (χ1n) is 11.4. The van der Waals surface area contributed by atoms with Crippen LogP contribution in [0.3, 0.4) is 0 Å². The van der Waals surface area contributed by atoms with Crippen molar-refractivity contribution in [3.8, 4) is 5.75 Å². The van der Waals surface area contributed by atoms with Gasteiger partial charge in [0.1, 0.15) is 18.0 Å². The molecule has 0 aliphatic carbocycles. The van der Waals surface area contributed by atoms with E-state index in [2.05, 4.69) is 4.98 Å². The molecule has 0 saturated carbocycles. The molecule has 1 fully saturated rings. The average molecular weight is 465 g/mol. The fraction of sp³-hybridized carbons (Fsp3) is 0.440. The first kappa shape index (κ1) is 22.3. The number of hydrogen-bond acceptors (Lipinski definition) is 8. The number of benzene rings is 1. The Kier molecular flexibility index (Phi) is 4.95. The normalized spacial score (nSPS) is 21.4. The van der Waals surface area contributed by atoms with Crippen LogP contribution in [0.1, 0.15) is 48.7 Å². The largest absolute Gasteiger partial charge is 0.488 e. The van der Waals surface area contributed by atoms with E-state index in [-0.39, 0.29) is 18.0 Å². The predicted molar refractivity (Wildman–Crippen MR) is 128 cm³/mol. The highest BCUT2D eigenvalue weighted by Crippen LogP contribution is 2.42. The lowest BCUT2D eigenvalue weighted by Crippen LogP contribution is -2.48. The van der Waals surface area contributed by atoms with E-state index in [1.807, 2.05) is 40.7 Å². The standard InChI is InChI=1S/C25H28N4O5/c1-14-10-17-18(11-15(14)2)27-22-25(32,20(17)30)6-7-28(22)16-12-19-21(26-13-16)29(8-9-33-19)23(31)34-24(3,4)5/h10-13,32H,6-9H2,1-5H3/t25-/m1/s1. The molecule has 1 atom stereocenters. The van der Waals surface area contributed by atoms with Crippen molar-refractivity contribution in [2.24, 2.45) is 4.99 Å². The molecule has 0 unspecified atom stereocenters. The second-order valence-corrected chi connectivity index (χ2v) is 9.98. The van der Waals surface area contributed by atoms with E-state index in [1.54, 1.807) is 23.2 Å². The molecule has 9 nitrogen and oxygen atoms in total. The summed E-state index contributed by atoms with van der Waals surface area (Å²) >= 11 is 0. The van der Waals surface area contributed by atoms with Crippen LogP contribution < -0.4 is 14.5 Å². The minimum absolute atomic E-state index is 0.221. The Morgan fingerprint density at radius 3 is 2.65 bits per heavy atom. The third kappa shape index (κ3) is 3.51. The van der Waals surface area contributed by atoms with E-state index in [1.165, 1.54) is 4.90 Å². The second-order valence-electron chi connectivity index (χ2n) is 9.98. The van der Waals surface area contributed by atoms with E-state index in [4.69, 9.17) is 14.5 Å². The summed E-state index contributed by atoms with van der Waals surface area (Å²) in [5, 5.41) is 11.3. The Morgan fingerprint density at radius 2 is 1.91 bits per heavy atom. The van der Waals surface area contributed by atoms with Crippen LogP contribution in [0.2, 0.25) is 0 Å². The Bertz CT molecular complexity index is 1250. The first-order valence-corrected chi connectivity index (χ1v) is 11.4. The number of carbonyl (C=O) groups is 2. The van der Waals surface area contributed by atoms with Gasteiger partial charge >= 0.3 is 6.09 Å². The van der Waals surface area contributed by atoms with Crippen LogP contribution in [-0.2, 0) is 4.74 Å². The Morgan fingerprint density at radius 1 is 1.18 bits per heavy atom. The molecular formula is C25H28N4O5. The van der Waals surface area contributed by atoms with Crippen molar-refractivity contribution in [3.63, 3.8) is 0 Å². The summed E-state index contributed by atoms with van der Waals surface area (Å²) in [6.45, 7) is 10.4. The van der Waals surface area contributed by atoms with Gasteiger partial charge in [-0.1, -0.05) is 0 Å². The highest BCUT2D eigenvalue weighted by Gasteiger charge is 2.52. The van der Waals surface area contributed by atoms with E-state index >= 15 is 0 Å². The van der Waals surface area contributed by atoms with Crippen LogP contribution in [0.25, 0.3) is 0 Å². The number of amidine groups is 1. The zero-order valence-electron chi connectivity index (χ0n) is 20.0. The Balaban J connectivity index is 1.51. The van der Waals surface area contributed by atoms with Crippen molar-refractivity contribution in [3.05, 3.63) is 41.1 Å². The van der Waals surface area contributed by atoms with Gasteiger partial charge in [0.15, 0.2) is 17.2 Å². The number of carbonyl (C=O) groups excluding carboxylic acids is 2. The number of hydrogen-bond donors (Lipinski definition) is 1. The van der Waals surface area contributed by atoms with Gasteiger partial charge in [-0.25, -0.2) is 14.8 Å². The van der Waals surface area contributed by atoms with Crippen molar-refractivity contribution in [2.45, 2.75) is 52.2 Å². The molecule has 0 radical (unpaired) electrons. The van der Waals surface area contributed by atoms with Gasteiger partial charge in [0.2, 0.25) is 5.78 Å². The number of pyridine rings is 1. The third-order valence-electron chi connectivity index (χ3n) is 6.35. The zero-order valence-corrected chi connectivity index (χ0v) is 20.0. The van der Waals surface area contributed by atoms with Gasteiger partial charge in [0.25, 0.3) is 0 Å². The summed E-state index contributed by atoms with van der Waals surface area (Å²) < 4.78 is 11.3. The maximum absolute atomic E-state index is 13.3. The minimum atomic E-state index is -1.69. The van der Waals surface area contributed by atoms with Crippen molar-refractivity contribution in [2.75, 3.05) is 29.5 Å². The van der Waals surface area contributed by atoms with Crippen molar-refractivity contribution >= 4 is 34.9 Å². The van der Waals surface area contributed by atoms with E-state index in [0.717, 1.165) is 11.1 Å². The van der Waals surface area contributed by atoms with Gasteiger partial charge in [-0.3, -0.25) is 9.69 Å². The average Bonchev–Trinajstić information content (AvgIpc) is 3.11. The summed E-state index contributed by atoms with van der Waals surface area (Å²) in [5.74, 6) is 0.752. The minimum Gasteiger partial charge on any atom is -0.488 e. The number of aromatic nitrogens is 1. The second kappa shape index (κ2) is 7.53. The molecule has 4 heterocycles. The van der Waals surface area contributed by atoms with E-state index in [9.17, 15) is 14.7 Å². The first-order chi connectivity index (χ1) is 16.0. The van der Waals surface area contributed by atoms with Gasteiger partial charge in [-0.05, 0) is 57.9 Å². The maximum atomic E-state index is 13.3. The number of rotatable bonds is 1. The van der Waals surface area contributed by atoms with Gasteiger partial charge in [0, 0.05) is 24.6 Å². The molecule has 5 rings (SSSR count). The monoisotopic (exact) mass is 464 g/mol. The Hall–Kier alpha value is -3.46. The molecule has 3 aliphatic rings. The predicted octanol–water partition coefficient (Wildman–Crippen LogP) is 3.70. The number of ether oxygens (including phenoxy) is 2. The molecular weight excluding hydrogens is 436 g/mol. The van der Waals surface area contributed by atoms with Crippen LogP contribution in [0, 0.1) is 13.8 Å². The summed E-state index contributed by atoms with van der Waals surface area (Å²) in [6, 6.07) is 5.43. The molecule has 1 N–H and O–H groups in total. The van der Waals surface area contributed by atoms with Gasteiger partial charge in [-0.15, -0.1) is 0 Å². The number of aryl methyl sites for hydroxylation is 2. The third-order valence-corrected chi connectivity index (χ3v) is 6.35. The van der Waals surface area contributed by atoms with Crippen LogP contribution in [-0.4, -0.2) is 58.7 Å². The van der Waals surface area contributed by atoms with Crippen LogP contribution in [0.5, 0.6) is 5.75 Å². The summed E-state index contributed by atoms with van der Waals surface area (Å²) in [7, 11) is 0. The Labute approximate surface area is 198 Å². The van der Waals surface area contributed by atoms with Gasteiger partial charge in [-0.2, -0.15) is 0 Å². The number of fused-ring (bicyclic) bond motifs is 3. The number of aliphatic imine (C=N–C) groups is 1.